The normalized spacial score (nSPS) is 14.1. The van der Waals surface area contributed by atoms with Crippen LogP contribution in [0.4, 0.5) is 20.2 Å². The van der Waals surface area contributed by atoms with E-state index in [-0.39, 0.29) is 17.1 Å². The Kier molecular flexibility index (Phi) is 5.90. The summed E-state index contributed by atoms with van der Waals surface area (Å²) in [6.07, 6.45) is 1.23. The molecule has 2 aromatic carbocycles. The highest BCUT2D eigenvalue weighted by Gasteiger charge is 2.24. The molecule has 29 heavy (non-hydrogen) atoms. The Hall–Kier alpha value is -2.52. The van der Waals surface area contributed by atoms with Gasteiger partial charge in [-0.25, -0.2) is 21.5 Å². The van der Waals surface area contributed by atoms with Crippen molar-refractivity contribution in [2.45, 2.75) is 24.7 Å². The molecule has 0 atom stereocenters. The van der Waals surface area contributed by atoms with E-state index in [1.165, 1.54) is 26.2 Å². The number of aryl methyl sites for hydroxylation is 2. The first-order valence-electron chi connectivity index (χ1n) is 9.15. The molecule has 1 aliphatic heterocycles. The molecule has 1 heterocycles. The summed E-state index contributed by atoms with van der Waals surface area (Å²) in [5.41, 5.74) is 1.67. The van der Waals surface area contributed by atoms with Crippen molar-refractivity contribution in [1.29, 1.82) is 0 Å². The molecule has 9 heteroatoms. The van der Waals surface area contributed by atoms with Gasteiger partial charge < -0.3 is 10.2 Å². The molecule has 0 saturated heterocycles. The number of amides is 1. The van der Waals surface area contributed by atoms with Gasteiger partial charge in [-0.3, -0.25) is 4.79 Å². The number of carbonyl (C=O) groups is 1. The first kappa shape index (κ1) is 21.2. The van der Waals surface area contributed by atoms with Gasteiger partial charge in [0.05, 0.1) is 17.1 Å². The lowest BCUT2D eigenvalue weighted by atomic mass is 10.0. The van der Waals surface area contributed by atoms with Crippen LogP contribution in [-0.2, 0) is 21.2 Å². The third-order valence-corrected chi connectivity index (χ3v) is 6.82. The molecule has 0 saturated carbocycles. The number of hydrogen-bond acceptors (Lipinski definition) is 4. The number of fused-ring (bicyclic) bond motifs is 1. The standard InChI is InChI=1S/C20H23F2N3O3S/c1-13-6-7-16(11-18(13)29(27,28)24(2)3)23-19(26)12-25-8-4-5-14-9-15(21)10-17(22)20(14)25/h6-7,9-11H,4-5,8,12H2,1-3H3,(H,23,26). The van der Waals surface area contributed by atoms with Gasteiger partial charge in [0, 0.05) is 32.4 Å². The zero-order valence-corrected chi connectivity index (χ0v) is 17.3. The van der Waals surface area contributed by atoms with E-state index in [1.807, 2.05) is 0 Å². The lowest BCUT2D eigenvalue weighted by Crippen LogP contribution is -2.37. The molecule has 0 unspecified atom stereocenters. The summed E-state index contributed by atoms with van der Waals surface area (Å²) in [6.45, 7) is 2.02. The molecule has 1 N–H and O–H groups in total. The lowest BCUT2D eigenvalue weighted by molar-refractivity contribution is -0.115. The number of nitrogens with zero attached hydrogens (tertiary/aromatic N) is 2. The molecule has 0 radical (unpaired) electrons. The number of carbonyl (C=O) groups excluding carboxylic acids is 1. The second kappa shape index (κ2) is 8.08. The van der Waals surface area contributed by atoms with Crippen molar-refractivity contribution < 1.29 is 22.0 Å². The maximum absolute atomic E-state index is 14.3. The fraction of sp³-hybridized carbons (Fsp3) is 0.350. The van der Waals surface area contributed by atoms with Crippen LogP contribution in [-0.4, -0.2) is 45.8 Å². The maximum atomic E-state index is 14.3. The molecular weight excluding hydrogens is 400 g/mol. The van der Waals surface area contributed by atoms with Crippen molar-refractivity contribution >= 4 is 27.3 Å². The molecule has 0 aromatic heterocycles. The first-order chi connectivity index (χ1) is 13.6. The Morgan fingerprint density at radius 1 is 1.21 bits per heavy atom. The Morgan fingerprint density at radius 2 is 1.93 bits per heavy atom. The molecule has 1 amide bonds. The number of sulfonamides is 1. The summed E-state index contributed by atoms with van der Waals surface area (Å²) < 4.78 is 53.7. The van der Waals surface area contributed by atoms with Crippen molar-refractivity contribution in [1.82, 2.24) is 4.31 Å². The van der Waals surface area contributed by atoms with Crippen LogP contribution in [0.1, 0.15) is 17.5 Å². The summed E-state index contributed by atoms with van der Waals surface area (Å²) in [5.74, 6) is -1.75. The van der Waals surface area contributed by atoms with E-state index in [0.29, 0.717) is 36.2 Å². The number of benzene rings is 2. The van der Waals surface area contributed by atoms with Gasteiger partial charge in [-0.05, 0) is 49.1 Å². The highest BCUT2D eigenvalue weighted by molar-refractivity contribution is 7.89. The summed E-state index contributed by atoms with van der Waals surface area (Å²) in [7, 11) is -0.785. The van der Waals surface area contributed by atoms with Gasteiger partial charge in [-0.15, -0.1) is 0 Å². The summed E-state index contributed by atoms with van der Waals surface area (Å²) in [4.78, 5) is 14.2. The zero-order valence-electron chi connectivity index (χ0n) is 16.5. The highest BCUT2D eigenvalue weighted by Crippen LogP contribution is 2.31. The molecule has 0 bridgehead atoms. The van der Waals surface area contributed by atoms with Crippen LogP contribution < -0.4 is 10.2 Å². The molecule has 0 fully saturated rings. The summed E-state index contributed by atoms with van der Waals surface area (Å²) in [6, 6.07) is 6.74. The monoisotopic (exact) mass is 423 g/mol. The number of halogens is 2. The summed E-state index contributed by atoms with van der Waals surface area (Å²) >= 11 is 0. The van der Waals surface area contributed by atoms with Crippen LogP contribution in [0.5, 0.6) is 0 Å². The van der Waals surface area contributed by atoms with E-state index in [2.05, 4.69) is 5.32 Å². The molecule has 156 valence electrons. The van der Waals surface area contributed by atoms with E-state index >= 15 is 0 Å². The van der Waals surface area contributed by atoms with E-state index in [9.17, 15) is 22.0 Å². The molecule has 2 aromatic rings. The average Bonchev–Trinajstić information content (AvgIpc) is 2.62. The van der Waals surface area contributed by atoms with Gasteiger partial charge in [-0.2, -0.15) is 0 Å². The number of hydrogen-bond donors (Lipinski definition) is 1. The van der Waals surface area contributed by atoms with Gasteiger partial charge >= 0.3 is 0 Å². The Balaban J connectivity index is 1.80. The van der Waals surface area contributed by atoms with Crippen molar-refractivity contribution in [3.63, 3.8) is 0 Å². The topological polar surface area (TPSA) is 69.7 Å². The van der Waals surface area contributed by atoms with Gasteiger partial charge in [0.25, 0.3) is 0 Å². The second-order valence-corrected chi connectivity index (χ2v) is 9.36. The molecule has 6 nitrogen and oxygen atoms in total. The van der Waals surface area contributed by atoms with Gasteiger partial charge in [0.15, 0.2) is 0 Å². The molecule has 0 aliphatic carbocycles. The van der Waals surface area contributed by atoms with Crippen molar-refractivity contribution in [3.05, 3.63) is 53.1 Å². The highest BCUT2D eigenvalue weighted by atomic mass is 32.2. The number of nitrogens with one attached hydrogen (secondary N) is 1. The minimum absolute atomic E-state index is 0.102. The smallest absolute Gasteiger partial charge is 0.243 e. The minimum Gasteiger partial charge on any atom is -0.360 e. The number of rotatable bonds is 5. The van der Waals surface area contributed by atoms with Crippen LogP contribution in [0.15, 0.2) is 35.2 Å². The van der Waals surface area contributed by atoms with Crippen molar-refractivity contribution in [2.75, 3.05) is 37.4 Å². The van der Waals surface area contributed by atoms with Gasteiger partial charge in [0.2, 0.25) is 15.9 Å². The lowest BCUT2D eigenvalue weighted by Gasteiger charge is -2.31. The summed E-state index contributed by atoms with van der Waals surface area (Å²) in [5, 5.41) is 2.67. The van der Waals surface area contributed by atoms with Crippen LogP contribution in [0.25, 0.3) is 0 Å². The predicted octanol–water partition coefficient (Wildman–Crippen LogP) is 2.91. The van der Waals surface area contributed by atoms with E-state index in [4.69, 9.17) is 0 Å². The fourth-order valence-corrected chi connectivity index (χ4v) is 4.56. The Morgan fingerprint density at radius 3 is 2.62 bits per heavy atom. The molecule has 0 spiro atoms. The van der Waals surface area contributed by atoms with Crippen LogP contribution >= 0.6 is 0 Å². The fourth-order valence-electron chi connectivity index (χ4n) is 3.42. The third-order valence-electron chi connectivity index (χ3n) is 4.86. The van der Waals surface area contributed by atoms with Crippen LogP contribution in [0.3, 0.4) is 0 Å². The minimum atomic E-state index is -3.66. The average molecular weight is 423 g/mol. The van der Waals surface area contributed by atoms with Crippen molar-refractivity contribution in [3.8, 4) is 0 Å². The third kappa shape index (κ3) is 4.40. The van der Waals surface area contributed by atoms with Gasteiger partial charge in [0.1, 0.15) is 11.6 Å². The molecule has 1 aliphatic rings. The first-order valence-corrected chi connectivity index (χ1v) is 10.6. The second-order valence-electron chi connectivity index (χ2n) is 7.24. The quantitative estimate of drug-likeness (QED) is 0.803. The van der Waals surface area contributed by atoms with Crippen molar-refractivity contribution in [2.24, 2.45) is 0 Å². The maximum Gasteiger partial charge on any atom is 0.243 e. The Labute approximate surface area is 169 Å². The van der Waals surface area contributed by atoms with E-state index in [1.54, 1.807) is 24.0 Å². The zero-order chi connectivity index (χ0) is 21.3. The van der Waals surface area contributed by atoms with E-state index in [0.717, 1.165) is 10.4 Å². The van der Waals surface area contributed by atoms with Crippen LogP contribution in [0, 0.1) is 18.6 Å². The van der Waals surface area contributed by atoms with Gasteiger partial charge in [-0.1, -0.05) is 6.07 Å². The molecule has 3 rings (SSSR count). The largest absolute Gasteiger partial charge is 0.360 e. The van der Waals surface area contributed by atoms with E-state index < -0.39 is 27.6 Å². The SMILES string of the molecule is Cc1ccc(NC(=O)CN2CCCc3cc(F)cc(F)c32)cc1S(=O)(=O)N(C)C. The Bertz CT molecular complexity index is 1060. The number of anilines is 2. The predicted molar refractivity (Wildman–Crippen MR) is 108 cm³/mol. The van der Waals surface area contributed by atoms with Crippen LogP contribution in [0.2, 0.25) is 0 Å². The molecular formula is C20H23F2N3O3S.